The van der Waals surface area contributed by atoms with E-state index in [1.54, 1.807) is 0 Å². The van der Waals surface area contributed by atoms with Crippen molar-refractivity contribution in [2.24, 2.45) is 0 Å². The molecule has 112 valence electrons. The van der Waals surface area contributed by atoms with Gasteiger partial charge in [-0.05, 0) is 31.9 Å². The molecule has 0 bridgehead atoms. The van der Waals surface area contributed by atoms with Crippen LogP contribution in [0.1, 0.15) is 61.2 Å². The minimum absolute atomic E-state index is 0.401. The molecule has 1 saturated heterocycles. The fraction of sp³-hybridized carbons (Fsp3) is 0.500. The smallest absolute Gasteiger partial charge is 0.139 e. The van der Waals surface area contributed by atoms with Crippen LogP contribution < -0.4 is 0 Å². The Bertz CT molecular complexity index is 603. The molecule has 1 aromatic carbocycles. The summed E-state index contributed by atoms with van der Waals surface area (Å²) in [6.45, 7) is 8.57. The van der Waals surface area contributed by atoms with Crippen LogP contribution in [0.3, 0.4) is 0 Å². The third-order valence-electron chi connectivity index (χ3n) is 4.29. The molecule has 2 heterocycles. The lowest BCUT2D eigenvalue weighted by atomic mass is 10.1. The Morgan fingerprint density at radius 3 is 2.90 bits per heavy atom. The lowest BCUT2D eigenvalue weighted by molar-refractivity contribution is 0.236. The number of aromatic nitrogens is 1. The van der Waals surface area contributed by atoms with Crippen molar-refractivity contribution in [2.75, 3.05) is 6.54 Å². The predicted molar refractivity (Wildman–Crippen MR) is 84.2 cm³/mol. The quantitative estimate of drug-likeness (QED) is 0.831. The van der Waals surface area contributed by atoms with Crippen LogP contribution in [-0.4, -0.2) is 16.6 Å². The maximum Gasteiger partial charge on any atom is 0.139 e. The van der Waals surface area contributed by atoms with E-state index in [1.807, 2.05) is 0 Å². The fourth-order valence-corrected chi connectivity index (χ4v) is 3.13. The van der Waals surface area contributed by atoms with Gasteiger partial charge in [0.2, 0.25) is 0 Å². The molecule has 0 unspecified atom stereocenters. The third kappa shape index (κ3) is 3.18. The first-order valence-electron chi connectivity index (χ1n) is 7.89. The Labute approximate surface area is 126 Å². The van der Waals surface area contributed by atoms with Crippen molar-refractivity contribution in [3.8, 4) is 0 Å². The van der Waals surface area contributed by atoms with Gasteiger partial charge in [0.25, 0.3) is 0 Å². The van der Waals surface area contributed by atoms with Crippen LogP contribution in [0.2, 0.25) is 0 Å². The van der Waals surface area contributed by atoms with Crippen molar-refractivity contribution in [3.05, 3.63) is 52.9 Å². The van der Waals surface area contributed by atoms with Gasteiger partial charge in [0, 0.05) is 18.5 Å². The summed E-state index contributed by atoms with van der Waals surface area (Å²) in [5.41, 5.74) is 3.81. The number of benzene rings is 1. The molecule has 0 amide bonds. The highest BCUT2D eigenvalue weighted by Gasteiger charge is 2.28. The lowest BCUT2D eigenvalue weighted by Gasteiger charge is -2.22. The zero-order chi connectivity index (χ0) is 14.8. The van der Waals surface area contributed by atoms with E-state index >= 15 is 0 Å². The van der Waals surface area contributed by atoms with Gasteiger partial charge in [0.15, 0.2) is 0 Å². The van der Waals surface area contributed by atoms with Gasteiger partial charge in [-0.2, -0.15) is 0 Å². The first kappa shape index (κ1) is 14.3. The topological polar surface area (TPSA) is 29.3 Å². The number of aryl methyl sites for hydroxylation is 1. The van der Waals surface area contributed by atoms with Gasteiger partial charge < -0.3 is 4.52 Å². The number of rotatable bonds is 4. The van der Waals surface area contributed by atoms with Gasteiger partial charge in [0.05, 0.1) is 6.04 Å². The predicted octanol–water partition coefficient (Wildman–Crippen LogP) is 4.44. The molecule has 0 aliphatic carbocycles. The van der Waals surface area contributed by atoms with E-state index in [9.17, 15) is 0 Å². The highest BCUT2D eigenvalue weighted by Crippen LogP contribution is 2.33. The summed E-state index contributed by atoms with van der Waals surface area (Å²) in [4.78, 5) is 2.52. The number of likely N-dealkylation sites (tertiary alicyclic amines) is 1. The molecule has 1 aliphatic heterocycles. The molecule has 1 aliphatic rings. The minimum Gasteiger partial charge on any atom is -0.361 e. The fourth-order valence-electron chi connectivity index (χ4n) is 3.13. The maximum absolute atomic E-state index is 5.48. The van der Waals surface area contributed by atoms with E-state index in [-0.39, 0.29) is 0 Å². The van der Waals surface area contributed by atoms with Gasteiger partial charge in [-0.1, -0.05) is 48.8 Å². The van der Waals surface area contributed by atoms with Gasteiger partial charge in [0.1, 0.15) is 11.5 Å². The van der Waals surface area contributed by atoms with Crippen LogP contribution in [-0.2, 0) is 6.54 Å². The molecule has 0 spiro atoms. The molecule has 1 fully saturated rings. The Morgan fingerprint density at radius 1 is 1.33 bits per heavy atom. The number of hydrogen-bond acceptors (Lipinski definition) is 3. The highest BCUT2D eigenvalue weighted by molar-refractivity contribution is 5.23. The van der Waals surface area contributed by atoms with E-state index in [0.717, 1.165) is 24.5 Å². The second kappa shape index (κ2) is 6.02. The molecular formula is C18H24N2O. The zero-order valence-electron chi connectivity index (χ0n) is 13.2. The van der Waals surface area contributed by atoms with Gasteiger partial charge in [-0.3, -0.25) is 4.90 Å². The summed E-state index contributed by atoms with van der Waals surface area (Å²) in [5, 5.41) is 4.31. The Kier molecular flexibility index (Phi) is 4.11. The maximum atomic E-state index is 5.48. The summed E-state index contributed by atoms with van der Waals surface area (Å²) >= 11 is 0. The first-order chi connectivity index (χ1) is 10.1. The van der Waals surface area contributed by atoms with Crippen LogP contribution >= 0.6 is 0 Å². The largest absolute Gasteiger partial charge is 0.361 e. The van der Waals surface area contributed by atoms with E-state index in [4.69, 9.17) is 4.52 Å². The average Bonchev–Trinajstić information content (AvgIpc) is 3.06. The minimum atomic E-state index is 0.401. The van der Waals surface area contributed by atoms with Crippen molar-refractivity contribution in [3.63, 3.8) is 0 Å². The molecule has 3 nitrogen and oxygen atoms in total. The van der Waals surface area contributed by atoms with Gasteiger partial charge in [-0.25, -0.2) is 0 Å². The standard InChI is InChI=1S/C18H24N2O/c1-13(2)18-11-16(19-21-18)17-8-5-9-20(17)12-15-7-4-6-14(3)10-15/h4,6-7,10-11,13,17H,5,8-9,12H2,1-3H3/t17-/m1/s1. The molecule has 2 aromatic rings. The second-order valence-corrected chi connectivity index (χ2v) is 6.43. The van der Waals surface area contributed by atoms with Crippen LogP contribution in [0.5, 0.6) is 0 Å². The van der Waals surface area contributed by atoms with Gasteiger partial charge >= 0.3 is 0 Å². The Hall–Kier alpha value is -1.61. The molecular weight excluding hydrogens is 260 g/mol. The summed E-state index contributed by atoms with van der Waals surface area (Å²) in [6, 6.07) is 11.3. The van der Waals surface area contributed by atoms with Crippen molar-refractivity contribution >= 4 is 0 Å². The van der Waals surface area contributed by atoms with Crippen LogP contribution in [0.15, 0.2) is 34.9 Å². The summed E-state index contributed by atoms with van der Waals surface area (Å²) in [7, 11) is 0. The van der Waals surface area contributed by atoms with Crippen molar-refractivity contribution < 1.29 is 4.52 Å². The van der Waals surface area contributed by atoms with E-state index in [1.165, 1.54) is 24.0 Å². The molecule has 1 atom stereocenters. The second-order valence-electron chi connectivity index (χ2n) is 6.43. The van der Waals surface area contributed by atoms with E-state index in [0.29, 0.717) is 12.0 Å². The molecule has 3 rings (SSSR count). The van der Waals surface area contributed by atoms with Crippen LogP contribution in [0.4, 0.5) is 0 Å². The summed E-state index contributed by atoms with van der Waals surface area (Å²) in [5.74, 6) is 1.39. The SMILES string of the molecule is Cc1cccc(CN2CCC[C@@H]2c2cc(C(C)C)on2)c1. The normalized spacial score (nSPS) is 19.5. The number of hydrogen-bond donors (Lipinski definition) is 0. The van der Waals surface area contributed by atoms with Crippen molar-refractivity contribution in [2.45, 2.75) is 52.1 Å². The van der Waals surface area contributed by atoms with Gasteiger partial charge in [-0.15, -0.1) is 0 Å². The number of nitrogens with zero attached hydrogens (tertiary/aromatic N) is 2. The molecule has 3 heteroatoms. The zero-order valence-corrected chi connectivity index (χ0v) is 13.2. The highest BCUT2D eigenvalue weighted by atomic mass is 16.5. The van der Waals surface area contributed by atoms with Crippen LogP contribution in [0, 0.1) is 6.92 Å². The Morgan fingerprint density at radius 2 is 2.19 bits per heavy atom. The average molecular weight is 284 g/mol. The summed E-state index contributed by atoms with van der Waals surface area (Å²) in [6.07, 6.45) is 2.41. The first-order valence-corrected chi connectivity index (χ1v) is 7.89. The molecule has 1 aromatic heterocycles. The van der Waals surface area contributed by atoms with Crippen molar-refractivity contribution in [1.82, 2.24) is 10.1 Å². The summed E-state index contributed by atoms with van der Waals surface area (Å²) < 4.78 is 5.48. The monoisotopic (exact) mass is 284 g/mol. The molecule has 21 heavy (non-hydrogen) atoms. The van der Waals surface area contributed by atoms with Crippen molar-refractivity contribution in [1.29, 1.82) is 0 Å². The molecule has 0 radical (unpaired) electrons. The Balaban J connectivity index is 1.75. The lowest BCUT2D eigenvalue weighted by Crippen LogP contribution is -2.23. The third-order valence-corrected chi connectivity index (χ3v) is 4.29. The molecule has 0 saturated carbocycles. The van der Waals surface area contributed by atoms with E-state index < -0.39 is 0 Å². The molecule has 0 N–H and O–H groups in total. The van der Waals surface area contributed by atoms with E-state index in [2.05, 4.69) is 61.2 Å². The van der Waals surface area contributed by atoms with Crippen LogP contribution in [0.25, 0.3) is 0 Å².